The second-order valence-corrected chi connectivity index (χ2v) is 5.95. The molecule has 0 saturated heterocycles. The van der Waals surface area contributed by atoms with E-state index in [1.54, 1.807) is 12.1 Å². The Kier molecular flexibility index (Phi) is 6.09. The third kappa shape index (κ3) is 5.60. The molecule has 3 N–H and O–H groups in total. The number of benzene rings is 2. The van der Waals surface area contributed by atoms with Gasteiger partial charge in [0.2, 0.25) is 12.7 Å². The van der Waals surface area contributed by atoms with E-state index in [4.69, 9.17) is 9.47 Å². The summed E-state index contributed by atoms with van der Waals surface area (Å²) >= 11 is 0. The van der Waals surface area contributed by atoms with Gasteiger partial charge in [-0.1, -0.05) is 18.2 Å². The summed E-state index contributed by atoms with van der Waals surface area (Å²) in [6.07, 6.45) is 0.638. The fraction of sp³-hybridized carbons (Fsp3) is 0.263. The number of rotatable bonds is 7. The third-order valence-electron chi connectivity index (χ3n) is 3.95. The summed E-state index contributed by atoms with van der Waals surface area (Å²) in [5.41, 5.74) is 1.78. The highest BCUT2D eigenvalue weighted by Crippen LogP contribution is 2.32. The highest BCUT2D eigenvalue weighted by molar-refractivity contribution is 5.83. The summed E-state index contributed by atoms with van der Waals surface area (Å²) in [4.78, 5) is 23.5. The number of carbonyl (C=O) groups excluding carboxylic acids is 2. The van der Waals surface area contributed by atoms with Gasteiger partial charge in [-0.3, -0.25) is 4.79 Å². The van der Waals surface area contributed by atoms with Gasteiger partial charge in [-0.05, 0) is 41.8 Å². The molecule has 3 rings (SSSR count). The van der Waals surface area contributed by atoms with Crippen molar-refractivity contribution in [2.45, 2.75) is 13.0 Å². The second kappa shape index (κ2) is 8.88. The fourth-order valence-corrected chi connectivity index (χ4v) is 2.51. The number of ether oxygens (including phenoxy) is 2. The van der Waals surface area contributed by atoms with Crippen molar-refractivity contribution in [1.29, 1.82) is 0 Å². The average molecular weight is 373 g/mol. The molecule has 27 heavy (non-hydrogen) atoms. The van der Waals surface area contributed by atoms with E-state index in [0.29, 0.717) is 18.7 Å². The Labute approximate surface area is 155 Å². The zero-order valence-corrected chi connectivity index (χ0v) is 14.6. The predicted molar refractivity (Wildman–Crippen MR) is 95.9 cm³/mol. The van der Waals surface area contributed by atoms with Gasteiger partial charge < -0.3 is 25.4 Å². The summed E-state index contributed by atoms with van der Waals surface area (Å²) in [5, 5.41) is 7.81. The fourth-order valence-electron chi connectivity index (χ4n) is 2.51. The van der Waals surface area contributed by atoms with Crippen molar-refractivity contribution in [2.75, 3.05) is 19.9 Å². The number of urea groups is 1. The molecule has 0 radical (unpaired) electrons. The van der Waals surface area contributed by atoms with Crippen molar-refractivity contribution >= 4 is 11.9 Å². The van der Waals surface area contributed by atoms with Crippen LogP contribution in [-0.4, -0.2) is 31.8 Å². The van der Waals surface area contributed by atoms with Crippen molar-refractivity contribution in [3.05, 3.63) is 59.4 Å². The predicted octanol–water partition coefficient (Wildman–Crippen LogP) is 1.71. The van der Waals surface area contributed by atoms with E-state index < -0.39 is 6.03 Å². The van der Waals surface area contributed by atoms with Crippen LogP contribution in [0.3, 0.4) is 0 Å². The summed E-state index contributed by atoms with van der Waals surface area (Å²) < 4.78 is 23.4. The molecule has 0 aromatic heterocycles. The lowest BCUT2D eigenvalue weighted by atomic mass is 10.1. The molecule has 142 valence electrons. The lowest BCUT2D eigenvalue weighted by Gasteiger charge is -2.09. The minimum absolute atomic E-state index is 0.129. The van der Waals surface area contributed by atoms with E-state index in [9.17, 15) is 14.0 Å². The summed E-state index contributed by atoms with van der Waals surface area (Å²) in [5.74, 6) is 0.810. The van der Waals surface area contributed by atoms with Crippen LogP contribution >= 0.6 is 0 Å². The monoisotopic (exact) mass is 373 g/mol. The van der Waals surface area contributed by atoms with E-state index in [1.807, 2.05) is 18.2 Å². The Morgan fingerprint density at radius 2 is 1.67 bits per heavy atom. The molecule has 1 aliphatic rings. The number of fused-ring (bicyclic) bond motifs is 1. The average Bonchev–Trinajstić information content (AvgIpc) is 3.14. The van der Waals surface area contributed by atoms with Crippen molar-refractivity contribution < 1.29 is 23.5 Å². The second-order valence-electron chi connectivity index (χ2n) is 5.95. The molecule has 0 saturated carbocycles. The van der Waals surface area contributed by atoms with Crippen molar-refractivity contribution in [3.63, 3.8) is 0 Å². The van der Waals surface area contributed by atoms with Crippen LogP contribution in [0.1, 0.15) is 11.1 Å². The van der Waals surface area contributed by atoms with Gasteiger partial charge in [-0.15, -0.1) is 0 Å². The molecular formula is C19H20FN3O4. The first-order chi connectivity index (χ1) is 13.1. The quantitative estimate of drug-likeness (QED) is 0.689. The van der Waals surface area contributed by atoms with Crippen LogP contribution in [0.15, 0.2) is 42.5 Å². The SMILES string of the molecule is O=C(CNC(=O)NCc1ccc(F)cc1)NCCc1ccc2c(c1)OCO2. The molecule has 0 bridgehead atoms. The molecule has 0 unspecified atom stereocenters. The maximum absolute atomic E-state index is 12.8. The molecule has 0 aliphatic carbocycles. The summed E-state index contributed by atoms with van der Waals surface area (Å²) in [6.45, 7) is 0.788. The van der Waals surface area contributed by atoms with Gasteiger partial charge in [0.05, 0.1) is 6.54 Å². The van der Waals surface area contributed by atoms with Gasteiger partial charge in [-0.2, -0.15) is 0 Å². The first-order valence-corrected chi connectivity index (χ1v) is 8.51. The van der Waals surface area contributed by atoms with Crippen molar-refractivity contribution in [2.24, 2.45) is 0 Å². The number of hydrogen-bond acceptors (Lipinski definition) is 4. The van der Waals surface area contributed by atoms with Crippen LogP contribution < -0.4 is 25.4 Å². The van der Waals surface area contributed by atoms with E-state index in [1.165, 1.54) is 12.1 Å². The van der Waals surface area contributed by atoms with E-state index >= 15 is 0 Å². The molecular weight excluding hydrogens is 353 g/mol. The molecule has 8 heteroatoms. The highest BCUT2D eigenvalue weighted by atomic mass is 19.1. The number of amides is 3. The van der Waals surface area contributed by atoms with Crippen LogP contribution in [0.25, 0.3) is 0 Å². The summed E-state index contributed by atoms with van der Waals surface area (Å²) in [7, 11) is 0. The largest absolute Gasteiger partial charge is 0.454 e. The van der Waals surface area contributed by atoms with Crippen LogP contribution in [0, 0.1) is 5.82 Å². The molecule has 2 aromatic carbocycles. The van der Waals surface area contributed by atoms with E-state index in [0.717, 1.165) is 16.9 Å². The summed E-state index contributed by atoms with van der Waals surface area (Å²) in [6, 6.07) is 11.0. The zero-order valence-electron chi connectivity index (χ0n) is 14.6. The molecule has 1 heterocycles. The van der Waals surface area contributed by atoms with Gasteiger partial charge in [0.25, 0.3) is 0 Å². The number of halogens is 1. The van der Waals surface area contributed by atoms with Crippen LogP contribution in [0.2, 0.25) is 0 Å². The number of carbonyl (C=O) groups is 2. The van der Waals surface area contributed by atoms with Gasteiger partial charge >= 0.3 is 6.03 Å². The van der Waals surface area contributed by atoms with Crippen LogP contribution in [0.4, 0.5) is 9.18 Å². The normalized spacial score (nSPS) is 11.7. The lowest BCUT2D eigenvalue weighted by molar-refractivity contribution is -0.120. The first-order valence-electron chi connectivity index (χ1n) is 8.51. The van der Waals surface area contributed by atoms with Crippen molar-refractivity contribution in [3.8, 4) is 11.5 Å². The number of nitrogens with one attached hydrogen (secondary N) is 3. The Balaban J connectivity index is 1.31. The van der Waals surface area contributed by atoms with Crippen molar-refractivity contribution in [1.82, 2.24) is 16.0 Å². The molecule has 0 atom stereocenters. The minimum atomic E-state index is -0.467. The van der Waals surface area contributed by atoms with E-state index in [-0.39, 0.29) is 31.6 Å². The van der Waals surface area contributed by atoms with Gasteiger partial charge in [-0.25, -0.2) is 9.18 Å². The van der Waals surface area contributed by atoms with Crippen LogP contribution in [0.5, 0.6) is 11.5 Å². The lowest BCUT2D eigenvalue weighted by Crippen LogP contribution is -2.42. The minimum Gasteiger partial charge on any atom is -0.454 e. The Morgan fingerprint density at radius 3 is 2.48 bits per heavy atom. The molecule has 7 nitrogen and oxygen atoms in total. The Morgan fingerprint density at radius 1 is 0.926 bits per heavy atom. The van der Waals surface area contributed by atoms with E-state index in [2.05, 4.69) is 16.0 Å². The zero-order chi connectivity index (χ0) is 19.1. The standard InChI is InChI=1S/C19H20FN3O4/c20-15-4-1-14(2-5-15)10-22-19(25)23-11-18(24)21-8-7-13-3-6-16-17(9-13)27-12-26-16/h1-6,9H,7-8,10-12H2,(H,21,24)(H2,22,23,25). The highest BCUT2D eigenvalue weighted by Gasteiger charge is 2.13. The molecule has 3 amide bonds. The molecule has 0 spiro atoms. The Hall–Kier alpha value is -3.29. The Bertz CT molecular complexity index is 811. The maximum atomic E-state index is 12.8. The molecule has 1 aliphatic heterocycles. The smallest absolute Gasteiger partial charge is 0.315 e. The van der Waals surface area contributed by atoms with Gasteiger partial charge in [0, 0.05) is 13.1 Å². The maximum Gasteiger partial charge on any atom is 0.315 e. The number of hydrogen-bond donors (Lipinski definition) is 3. The molecule has 0 fully saturated rings. The van der Waals surface area contributed by atoms with Gasteiger partial charge in [0.1, 0.15) is 5.82 Å². The van der Waals surface area contributed by atoms with Gasteiger partial charge in [0.15, 0.2) is 11.5 Å². The van der Waals surface area contributed by atoms with Crippen LogP contribution in [-0.2, 0) is 17.8 Å². The molecule has 2 aromatic rings. The third-order valence-corrected chi connectivity index (χ3v) is 3.95. The topological polar surface area (TPSA) is 88.7 Å². The first kappa shape index (κ1) is 18.5.